The van der Waals surface area contributed by atoms with Crippen molar-refractivity contribution < 1.29 is 19.1 Å². The molecule has 0 aromatic carbocycles. The molecular formula is C17H19N3O4. The van der Waals surface area contributed by atoms with Gasteiger partial charge in [0.1, 0.15) is 0 Å². The van der Waals surface area contributed by atoms with Gasteiger partial charge in [-0.2, -0.15) is 0 Å². The summed E-state index contributed by atoms with van der Waals surface area (Å²) in [7, 11) is 0. The summed E-state index contributed by atoms with van der Waals surface area (Å²) in [5.41, 5.74) is 0.290. The predicted molar refractivity (Wildman–Crippen MR) is 84.0 cm³/mol. The number of carbonyl (C=O) groups is 1. The number of aromatic nitrogens is 2. The third kappa shape index (κ3) is 2.59. The van der Waals surface area contributed by atoms with Gasteiger partial charge < -0.3 is 14.3 Å². The first kappa shape index (κ1) is 15.3. The SMILES string of the molecule is O=C(O)[C@]12CCOC[C@H]1CN(Cc1cnc(-c3ccco3)nc1)C2. The lowest BCUT2D eigenvalue weighted by Crippen LogP contribution is -2.44. The standard InChI is InChI=1S/C17H19N3O4/c21-16(22)17-3-5-23-10-13(17)9-20(11-17)8-12-6-18-15(19-7-12)14-2-1-4-24-14/h1-2,4,6-7,13H,3,5,8-11H2,(H,21,22)/t13-,17+/m1/s1. The molecule has 0 radical (unpaired) electrons. The van der Waals surface area contributed by atoms with Crippen LogP contribution in [0, 0.1) is 11.3 Å². The Morgan fingerprint density at radius 2 is 2.25 bits per heavy atom. The molecule has 2 aromatic rings. The van der Waals surface area contributed by atoms with Gasteiger partial charge in [-0.25, -0.2) is 9.97 Å². The fourth-order valence-corrected chi connectivity index (χ4v) is 3.75. The average Bonchev–Trinajstić information content (AvgIpc) is 3.23. The number of carboxylic acids is 1. The van der Waals surface area contributed by atoms with Crippen LogP contribution in [0.15, 0.2) is 35.2 Å². The molecule has 4 rings (SSSR count). The molecule has 2 saturated heterocycles. The van der Waals surface area contributed by atoms with Crippen LogP contribution in [0.25, 0.3) is 11.6 Å². The lowest BCUT2D eigenvalue weighted by Gasteiger charge is -2.34. The summed E-state index contributed by atoms with van der Waals surface area (Å²) >= 11 is 0. The van der Waals surface area contributed by atoms with Crippen molar-refractivity contribution in [1.29, 1.82) is 0 Å². The van der Waals surface area contributed by atoms with Crippen molar-refractivity contribution in [3.8, 4) is 11.6 Å². The van der Waals surface area contributed by atoms with E-state index in [2.05, 4.69) is 14.9 Å². The Morgan fingerprint density at radius 3 is 2.92 bits per heavy atom. The largest absolute Gasteiger partial charge is 0.481 e. The third-order valence-corrected chi connectivity index (χ3v) is 5.06. The number of furan rings is 1. The van der Waals surface area contributed by atoms with Crippen LogP contribution in [-0.2, 0) is 16.1 Å². The Hall–Kier alpha value is -2.25. The Kier molecular flexibility index (Phi) is 3.82. The van der Waals surface area contributed by atoms with Crippen LogP contribution in [-0.4, -0.2) is 52.2 Å². The van der Waals surface area contributed by atoms with Crippen molar-refractivity contribution in [3.05, 3.63) is 36.4 Å². The molecule has 0 saturated carbocycles. The minimum atomic E-state index is -0.706. The number of carboxylic acid groups (broad SMARTS) is 1. The van der Waals surface area contributed by atoms with E-state index in [1.54, 1.807) is 24.7 Å². The van der Waals surface area contributed by atoms with Crippen LogP contribution in [0.2, 0.25) is 0 Å². The van der Waals surface area contributed by atoms with E-state index in [0.29, 0.717) is 44.3 Å². The number of hydrogen-bond acceptors (Lipinski definition) is 6. The highest BCUT2D eigenvalue weighted by Gasteiger charge is 2.53. The second-order valence-electron chi connectivity index (χ2n) is 6.54. The van der Waals surface area contributed by atoms with Crippen molar-refractivity contribution in [2.45, 2.75) is 13.0 Å². The Balaban J connectivity index is 1.47. The van der Waals surface area contributed by atoms with E-state index < -0.39 is 11.4 Å². The molecule has 126 valence electrons. The molecule has 7 heteroatoms. The summed E-state index contributed by atoms with van der Waals surface area (Å²) in [6.45, 7) is 2.97. The maximum atomic E-state index is 11.8. The second-order valence-corrected chi connectivity index (χ2v) is 6.54. The zero-order valence-corrected chi connectivity index (χ0v) is 13.2. The number of likely N-dealkylation sites (tertiary alicyclic amines) is 1. The van der Waals surface area contributed by atoms with Gasteiger partial charge in [0.25, 0.3) is 0 Å². The topological polar surface area (TPSA) is 88.7 Å². The number of hydrogen-bond donors (Lipinski definition) is 1. The van der Waals surface area contributed by atoms with Gasteiger partial charge in [-0.3, -0.25) is 9.69 Å². The fourth-order valence-electron chi connectivity index (χ4n) is 3.75. The maximum absolute atomic E-state index is 11.8. The van der Waals surface area contributed by atoms with Crippen molar-refractivity contribution >= 4 is 5.97 Å². The van der Waals surface area contributed by atoms with Crippen molar-refractivity contribution in [2.75, 3.05) is 26.3 Å². The first-order valence-corrected chi connectivity index (χ1v) is 8.06. The summed E-state index contributed by atoms with van der Waals surface area (Å²) in [4.78, 5) is 22.6. The number of fused-ring (bicyclic) bond motifs is 1. The van der Waals surface area contributed by atoms with Gasteiger partial charge in [0, 0.05) is 50.1 Å². The van der Waals surface area contributed by atoms with E-state index in [9.17, 15) is 9.90 Å². The number of aliphatic carboxylic acids is 1. The van der Waals surface area contributed by atoms with Crippen LogP contribution < -0.4 is 0 Å². The van der Waals surface area contributed by atoms with E-state index in [0.717, 1.165) is 12.1 Å². The van der Waals surface area contributed by atoms with E-state index in [4.69, 9.17) is 9.15 Å². The molecule has 0 spiro atoms. The van der Waals surface area contributed by atoms with Gasteiger partial charge in [-0.1, -0.05) is 0 Å². The quantitative estimate of drug-likeness (QED) is 0.912. The fraction of sp³-hybridized carbons (Fsp3) is 0.471. The van der Waals surface area contributed by atoms with Crippen LogP contribution in [0.4, 0.5) is 0 Å². The van der Waals surface area contributed by atoms with E-state index in [-0.39, 0.29) is 5.92 Å². The molecule has 0 amide bonds. The summed E-state index contributed by atoms with van der Waals surface area (Å²) in [6.07, 6.45) is 5.72. The normalized spacial score (nSPS) is 27.1. The van der Waals surface area contributed by atoms with Gasteiger partial charge in [0.2, 0.25) is 0 Å². The summed E-state index contributed by atoms with van der Waals surface area (Å²) in [5, 5.41) is 9.71. The molecule has 1 N–H and O–H groups in total. The van der Waals surface area contributed by atoms with Gasteiger partial charge in [0.15, 0.2) is 11.6 Å². The highest BCUT2D eigenvalue weighted by atomic mass is 16.5. The van der Waals surface area contributed by atoms with E-state index in [1.807, 2.05) is 6.07 Å². The Bertz CT molecular complexity index is 716. The zero-order valence-electron chi connectivity index (χ0n) is 13.2. The molecule has 2 aromatic heterocycles. The van der Waals surface area contributed by atoms with Gasteiger partial charge in [-0.05, 0) is 18.6 Å². The molecule has 4 heterocycles. The first-order chi connectivity index (χ1) is 11.7. The molecule has 7 nitrogen and oxygen atoms in total. The number of rotatable bonds is 4. The summed E-state index contributed by atoms with van der Waals surface area (Å²) in [5.74, 6) is 0.528. The van der Waals surface area contributed by atoms with Crippen LogP contribution in [0.5, 0.6) is 0 Å². The molecule has 0 bridgehead atoms. The second kappa shape index (κ2) is 5.99. The summed E-state index contributed by atoms with van der Waals surface area (Å²) in [6, 6.07) is 3.61. The summed E-state index contributed by atoms with van der Waals surface area (Å²) < 4.78 is 10.8. The van der Waals surface area contributed by atoms with Crippen LogP contribution in [0.1, 0.15) is 12.0 Å². The maximum Gasteiger partial charge on any atom is 0.311 e. The molecule has 0 aliphatic carbocycles. The lowest BCUT2D eigenvalue weighted by atomic mass is 9.74. The van der Waals surface area contributed by atoms with E-state index >= 15 is 0 Å². The lowest BCUT2D eigenvalue weighted by molar-refractivity contribution is -0.157. The molecule has 2 aliphatic rings. The van der Waals surface area contributed by atoms with Gasteiger partial charge in [0.05, 0.1) is 18.3 Å². The Morgan fingerprint density at radius 1 is 1.42 bits per heavy atom. The number of nitrogens with zero attached hydrogens (tertiary/aromatic N) is 3. The minimum Gasteiger partial charge on any atom is -0.481 e. The molecule has 0 unspecified atom stereocenters. The van der Waals surface area contributed by atoms with Crippen LogP contribution >= 0.6 is 0 Å². The van der Waals surface area contributed by atoms with Gasteiger partial charge >= 0.3 is 5.97 Å². The molecule has 2 aliphatic heterocycles. The predicted octanol–water partition coefficient (Wildman–Crippen LogP) is 1.66. The number of ether oxygens (including phenoxy) is 1. The molecule has 2 atom stereocenters. The van der Waals surface area contributed by atoms with Crippen molar-refractivity contribution in [3.63, 3.8) is 0 Å². The highest BCUT2D eigenvalue weighted by molar-refractivity contribution is 5.76. The zero-order chi connectivity index (χ0) is 16.6. The van der Waals surface area contributed by atoms with Crippen molar-refractivity contribution in [1.82, 2.24) is 14.9 Å². The monoisotopic (exact) mass is 329 g/mol. The third-order valence-electron chi connectivity index (χ3n) is 5.06. The Labute approximate surface area is 139 Å². The highest BCUT2D eigenvalue weighted by Crippen LogP contribution is 2.42. The first-order valence-electron chi connectivity index (χ1n) is 8.06. The van der Waals surface area contributed by atoms with Gasteiger partial charge in [-0.15, -0.1) is 0 Å². The minimum absolute atomic E-state index is 0.0482. The molecule has 24 heavy (non-hydrogen) atoms. The van der Waals surface area contributed by atoms with E-state index in [1.165, 1.54) is 0 Å². The average molecular weight is 329 g/mol. The van der Waals surface area contributed by atoms with Crippen LogP contribution in [0.3, 0.4) is 0 Å². The molecular weight excluding hydrogens is 310 g/mol. The van der Waals surface area contributed by atoms with Crippen molar-refractivity contribution in [2.24, 2.45) is 11.3 Å². The molecule has 2 fully saturated rings. The smallest absolute Gasteiger partial charge is 0.311 e.